The van der Waals surface area contributed by atoms with Crippen molar-refractivity contribution in [2.75, 3.05) is 25.5 Å². The van der Waals surface area contributed by atoms with Gasteiger partial charge in [0.05, 0.1) is 19.1 Å². The number of hydrogen-bond donors (Lipinski definition) is 2. The van der Waals surface area contributed by atoms with E-state index < -0.39 is 0 Å². The number of likely N-dealkylation sites (N-methyl/N-ethyl adjacent to an activating group) is 1. The van der Waals surface area contributed by atoms with Crippen LogP contribution in [0.25, 0.3) is 0 Å². The Morgan fingerprint density at radius 2 is 1.77 bits per heavy atom. The van der Waals surface area contributed by atoms with Gasteiger partial charge in [0.15, 0.2) is 0 Å². The van der Waals surface area contributed by atoms with E-state index in [2.05, 4.69) is 10.6 Å². The normalized spacial score (nSPS) is 11.7. The second-order valence-electron chi connectivity index (χ2n) is 7.04. The number of anilines is 1. The van der Waals surface area contributed by atoms with Gasteiger partial charge >= 0.3 is 0 Å². The van der Waals surface area contributed by atoms with E-state index in [1.807, 2.05) is 48.7 Å². The van der Waals surface area contributed by atoms with Crippen molar-refractivity contribution in [3.8, 4) is 0 Å². The van der Waals surface area contributed by atoms with Gasteiger partial charge in [0.1, 0.15) is 5.82 Å². The molecule has 0 radical (unpaired) electrons. The highest BCUT2D eigenvalue weighted by atomic mass is 32.1. The molecule has 1 unspecified atom stereocenters. The molecule has 0 aliphatic heterocycles. The molecule has 1 aromatic heterocycles. The SMILES string of the molecule is Cc1ccc(NC(=O)CN(C)C(=O)CNC(c2ccc(F)cc2)c2cccs2)cc1. The zero-order valence-corrected chi connectivity index (χ0v) is 17.7. The van der Waals surface area contributed by atoms with Crippen molar-refractivity contribution in [2.45, 2.75) is 13.0 Å². The van der Waals surface area contributed by atoms with Crippen molar-refractivity contribution in [1.29, 1.82) is 0 Å². The molecule has 3 rings (SSSR count). The van der Waals surface area contributed by atoms with Crippen LogP contribution in [0.15, 0.2) is 66.0 Å². The van der Waals surface area contributed by atoms with Crippen molar-refractivity contribution in [3.05, 3.63) is 87.9 Å². The molecular weight excluding hydrogens is 401 g/mol. The molecule has 7 heteroatoms. The monoisotopic (exact) mass is 425 g/mol. The van der Waals surface area contributed by atoms with Crippen molar-refractivity contribution in [1.82, 2.24) is 10.2 Å². The molecule has 0 aliphatic rings. The maximum absolute atomic E-state index is 13.3. The predicted molar refractivity (Wildman–Crippen MR) is 118 cm³/mol. The molecule has 0 spiro atoms. The summed E-state index contributed by atoms with van der Waals surface area (Å²) in [6, 6.07) is 17.4. The summed E-state index contributed by atoms with van der Waals surface area (Å²) in [4.78, 5) is 27.2. The minimum Gasteiger partial charge on any atom is -0.335 e. The average Bonchev–Trinajstić information content (AvgIpc) is 3.25. The Hall–Kier alpha value is -3.03. The van der Waals surface area contributed by atoms with E-state index in [-0.39, 0.29) is 36.8 Å². The number of nitrogens with zero attached hydrogens (tertiary/aromatic N) is 1. The van der Waals surface area contributed by atoms with Gasteiger partial charge in [0, 0.05) is 17.6 Å². The van der Waals surface area contributed by atoms with Crippen LogP contribution in [0.2, 0.25) is 0 Å². The van der Waals surface area contributed by atoms with E-state index in [0.717, 1.165) is 16.0 Å². The third-order valence-electron chi connectivity index (χ3n) is 4.63. The first-order valence-corrected chi connectivity index (χ1v) is 10.4. The van der Waals surface area contributed by atoms with Crippen molar-refractivity contribution >= 4 is 28.8 Å². The second-order valence-corrected chi connectivity index (χ2v) is 8.02. The lowest BCUT2D eigenvalue weighted by Gasteiger charge is -2.21. The summed E-state index contributed by atoms with van der Waals surface area (Å²) in [7, 11) is 1.59. The van der Waals surface area contributed by atoms with Crippen LogP contribution in [0.1, 0.15) is 22.0 Å². The first kappa shape index (κ1) is 21.7. The standard InChI is InChI=1S/C23H24FN3O2S/c1-16-5-11-19(12-6-16)26-21(28)15-27(2)22(29)14-25-23(20-4-3-13-30-20)17-7-9-18(24)10-8-17/h3-13,23,25H,14-15H2,1-2H3,(H,26,28). The molecule has 0 bridgehead atoms. The molecule has 156 valence electrons. The lowest BCUT2D eigenvalue weighted by atomic mass is 10.1. The Morgan fingerprint density at radius 3 is 2.40 bits per heavy atom. The molecule has 1 atom stereocenters. The Kier molecular flexibility index (Phi) is 7.32. The molecule has 0 saturated carbocycles. The van der Waals surface area contributed by atoms with Crippen molar-refractivity contribution in [2.24, 2.45) is 0 Å². The van der Waals surface area contributed by atoms with Crippen molar-refractivity contribution in [3.63, 3.8) is 0 Å². The fourth-order valence-corrected chi connectivity index (χ4v) is 3.79. The Labute approximate surface area is 179 Å². The molecule has 0 aliphatic carbocycles. The summed E-state index contributed by atoms with van der Waals surface area (Å²) in [5.41, 5.74) is 2.66. The van der Waals surface area contributed by atoms with Crippen LogP contribution in [0.5, 0.6) is 0 Å². The highest BCUT2D eigenvalue weighted by molar-refractivity contribution is 7.10. The molecule has 30 heavy (non-hydrogen) atoms. The molecule has 1 heterocycles. The summed E-state index contributed by atoms with van der Waals surface area (Å²) in [5, 5.41) is 7.97. The van der Waals surface area contributed by atoms with Crippen LogP contribution in [0, 0.1) is 12.7 Å². The second kappa shape index (κ2) is 10.1. The fourth-order valence-electron chi connectivity index (χ4n) is 2.96. The van der Waals surface area contributed by atoms with Gasteiger partial charge in [-0.3, -0.25) is 14.9 Å². The number of hydrogen-bond acceptors (Lipinski definition) is 4. The number of halogens is 1. The van der Waals surface area contributed by atoms with Crippen LogP contribution < -0.4 is 10.6 Å². The lowest BCUT2D eigenvalue weighted by molar-refractivity contribution is -0.132. The summed E-state index contributed by atoms with van der Waals surface area (Å²) >= 11 is 1.56. The van der Waals surface area contributed by atoms with Gasteiger partial charge in [-0.15, -0.1) is 11.3 Å². The molecule has 0 fully saturated rings. The highest BCUT2D eigenvalue weighted by Gasteiger charge is 2.19. The molecular formula is C23H24FN3O2S. The van der Waals surface area contributed by atoms with E-state index in [9.17, 15) is 14.0 Å². The quantitative estimate of drug-likeness (QED) is 0.574. The molecule has 2 N–H and O–H groups in total. The van der Waals surface area contributed by atoms with E-state index in [1.54, 1.807) is 30.5 Å². The molecule has 2 amide bonds. The molecule has 5 nitrogen and oxygen atoms in total. The van der Waals surface area contributed by atoms with Crippen LogP contribution in [-0.4, -0.2) is 36.9 Å². The first-order valence-electron chi connectivity index (χ1n) is 9.55. The minimum atomic E-state index is -0.306. The summed E-state index contributed by atoms with van der Waals surface area (Å²) in [6.45, 7) is 1.98. The first-order chi connectivity index (χ1) is 14.4. The number of nitrogens with one attached hydrogen (secondary N) is 2. The van der Waals surface area contributed by atoms with Gasteiger partial charge in [-0.2, -0.15) is 0 Å². The largest absolute Gasteiger partial charge is 0.335 e. The summed E-state index contributed by atoms with van der Waals surface area (Å²) in [5.74, 6) is -0.778. The average molecular weight is 426 g/mol. The van der Waals surface area contributed by atoms with Gasteiger partial charge in [-0.1, -0.05) is 35.9 Å². The molecule has 2 aromatic carbocycles. The number of carbonyl (C=O) groups is 2. The van der Waals surface area contributed by atoms with E-state index in [1.165, 1.54) is 17.0 Å². The minimum absolute atomic E-state index is 0.0470. The Balaban J connectivity index is 1.57. The Morgan fingerprint density at radius 1 is 1.07 bits per heavy atom. The highest BCUT2D eigenvalue weighted by Crippen LogP contribution is 2.26. The maximum atomic E-state index is 13.3. The molecule has 3 aromatic rings. The maximum Gasteiger partial charge on any atom is 0.243 e. The zero-order chi connectivity index (χ0) is 21.5. The Bertz CT molecular complexity index is 973. The third-order valence-corrected chi connectivity index (χ3v) is 5.57. The van der Waals surface area contributed by atoms with Crippen LogP contribution >= 0.6 is 11.3 Å². The van der Waals surface area contributed by atoms with E-state index >= 15 is 0 Å². The smallest absolute Gasteiger partial charge is 0.243 e. The summed E-state index contributed by atoms with van der Waals surface area (Å²) in [6.07, 6.45) is 0. The van der Waals surface area contributed by atoms with E-state index in [4.69, 9.17) is 0 Å². The van der Waals surface area contributed by atoms with Gasteiger partial charge in [-0.05, 0) is 48.2 Å². The van der Waals surface area contributed by atoms with Gasteiger partial charge < -0.3 is 10.2 Å². The van der Waals surface area contributed by atoms with E-state index in [0.29, 0.717) is 5.69 Å². The van der Waals surface area contributed by atoms with Crippen LogP contribution in [-0.2, 0) is 9.59 Å². The van der Waals surface area contributed by atoms with Gasteiger partial charge in [0.25, 0.3) is 0 Å². The lowest BCUT2D eigenvalue weighted by Crippen LogP contribution is -2.41. The van der Waals surface area contributed by atoms with Gasteiger partial charge in [0.2, 0.25) is 11.8 Å². The number of rotatable bonds is 8. The topological polar surface area (TPSA) is 61.4 Å². The van der Waals surface area contributed by atoms with Crippen LogP contribution in [0.3, 0.4) is 0 Å². The molecule has 0 saturated heterocycles. The zero-order valence-electron chi connectivity index (χ0n) is 16.9. The van der Waals surface area contributed by atoms with Crippen molar-refractivity contribution < 1.29 is 14.0 Å². The number of carbonyl (C=O) groups excluding carboxylic acids is 2. The number of benzene rings is 2. The number of thiophene rings is 1. The predicted octanol–water partition coefficient (Wildman–Crippen LogP) is 3.97. The number of amides is 2. The fraction of sp³-hybridized carbons (Fsp3) is 0.217. The number of aryl methyl sites for hydroxylation is 1. The third kappa shape index (κ3) is 5.98. The van der Waals surface area contributed by atoms with Crippen LogP contribution in [0.4, 0.5) is 10.1 Å². The summed E-state index contributed by atoms with van der Waals surface area (Å²) < 4.78 is 13.3. The van der Waals surface area contributed by atoms with Gasteiger partial charge in [-0.25, -0.2) is 4.39 Å².